The van der Waals surface area contributed by atoms with Gasteiger partial charge in [-0.1, -0.05) is 25.5 Å². The third-order valence-electron chi connectivity index (χ3n) is 10.2. The molecule has 0 fully saturated rings. The first kappa shape index (κ1) is 27.9. The molecule has 2 aromatic carbocycles. The van der Waals surface area contributed by atoms with E-state index in [1.54, 1.807) is 0 Å². The number of likely N-dealkylation sites (N-methyl/N-ethyl adjacent to an activating group) is 1. The molecule has 0 heterocycles. The molecule has 2 aromatic rings. The molecule has 4 aliphatic rings. The molecule has 4 aliphatic carbocycles. The minimum Gasteiger partial charge on any atom is -0.511 e. The summed E-state index contributed by atoms with van der Waals surface area (Å²) in [5, 5.41) is 59.0. The standard InChI is InChI=1S/C31H31NO10/c1-12-7-6-8-28(2,3)29(12)10-13-17-19(14(33)9-16(42-5)22(17)29)23(35)21-18(13)24(36)30(40)11-15(34)20(27(39)32-4)25(37)31(30,41)26(21)38/h7,9,33-35,40-41H,6,8,10-11H2,1-5H3,(H,32,39)/t29-,30-,31+/m1/s1. The van der Waals surface area contributed by atoms with E-state index in [-0.39, 0.29) is 22.8 Å². The Kier molecular flexibility index (Phi) is 5.45. The molecular weight excluding hydrogens is 546 g/mol. The summed E-state index contributed by atoms with van der Waals surface area (Å²) in [5.74, 6) is -7.62. The number of aromatic hydroxyl groups is 2. The van der Waals surface area contributed by atoms with Crippen LogP contribution in [-0.4, -0.2) is 74.1 Å². The van der Waals surface area contributed by atoms with Crippen molar-refractivity contribution in [2.24, 2.45) is 5.41 Å². The summed E-state index contributed by atoms with van der Waals surface area (Å²) in [4.78, 5) is 54.4. The average Bonchev–Trinajstić information content (AvgIpc) is 3.28. The van der Waals surface area contributed by atoms with Gasteiger partial charge < -0.3 is 35.6 Å². The van der Waals surface area contributed by atoms with Gasteiger partial charge in [-0.25, -0.2) is 0 Å². The number of rotatable bonds is 2. The van der Waals surface area contributed by atoms with Crippen molar-refractivity contribution in [3.8, 4) is 17.2 Å². The number of ketones is 3. The van der Waals surface area contributed by atoms with Crippen molar-refractivity contribution in [3.63, 3.8) is 0 Å². The second kappa shape index (κ2) is 8.20. The zero-order valence-electron chi connectivity index (χ0n) is 23.8. The number of Topliss-reactive ketones (excluding diaryl/α,β-unsaturated/α-hetero) is 3. The molecule has 3 atom stereocenters. The Morgan fingerprint density at radius 1 is 0.976 bits per heavy atom. The number of hydrogen-bond donors (Lipinski definition) is 6. The van der Waals surface area contributed by atoms with Crippen LogP contribution in [0.5, 0.6) is 17.2 Å². The third kappa shape index (κ3) is 2.78. The van der Waals surface area contributed by atoms with Gasteiger partial charge in [-0.05, 0) is 37.2 Å². The predicted octanol–water partition coefficient (Wildman–Crippen LogP) is 2.19. The van der Waals surface area contributed by atoms with E-state index < -0.39 is 85.7 Å². The van der Waals surface area contributed by atoms with Crippen LogP contribution in [0, 0.1) is 5.41 Å². The second-order valence-corrected chi connectivity index (χ2v) is 12.3. The molecule has 220 valence electrons. The highest BCUT2D eigenvalue weighted by Crippen LogP contribution is 2.65. The van der Waals surface area contributed by atoms with Crippen LogP contribution < -0.4 is 10.1 Å². The van der Waals surface area contributed by atoms with Crippen LogP contribution in [0.2, 0.25) is 0 Å². The number of hydrogen-bond acceptors (Lipinski definition) is 10. The molecule has 0 unspecified atom stereocenters. The molecule has 42 heavy (non-hydrogen) atoms. The van der Waals surface area contributed by atoms with Crippen molar-refractivity contribution in [1.29, 1.82) is 0 Å². The summed E-state index contributed by atoms with van der Waals surface area (Å²) in [5.41, 5.74) is -8.37. The van der Waals surface area contributed by atoms with Crippen molar-refractivity contribution in [3.05, 3.63) is 51.3 Å². The van der Waals surface area contributed by atoms with Gasteiger partial charge in [0, 0.05) is 41.5 Å². The van der Waals surface area contributed by atoms with Crippen LogP contribution in [0.3, 0.4) is 0 Å². The maximum absolute atomic E-state index is 14.3. The minimum absolute atomic E-state index is 0.114. The molecule has 0 saturated heterocycles. The smallest absolute Gasteiger partial charge is 0.258 e. The van der Waals surface area contributed by atoms with E-state index >= 15 is 0 Å². The van der Waals surface area contributed by atoms with Crippen LogP contribution >= 0.6 is 0 Å². The number of ether oxygens (including phenoxy) is 1. The summed E-state index contributed by atoms with van der Waals surface area (Å²) in [6.45, 7) is 6.06. The Labute approximate surface area is 240 Å². The average molecular weight is 578 g/mol. The largest absolute Gasteiger partial charge is 0.511 e. The monoisotopic (exact) mass is 577 g/mol. The third-order valence-corrected chi connectivity index (χ3v) is 10.2. The van der Waals surface area contributed by atoms with E-state index in [1.165, 1.54) is 13.2 Å². The first-order chi connectivity index (χ1) is 19.6. The van der Waals surface area contributed by atoms with Crippen molar-refractivity contribution < 1.29 is 49.4 Å². The lowest BCUT2D eigenvalue weighted by molar-refractivity contribution is -0.154. The van der Waals surface area contributed by atoms with Crippen LogP contribution in [0.15, 0.2) is 29.0 Å². The number of allylic oxidation sites excluding steroid dienone is 2. The number of benzene rings is 2. The van der Waals surface area contributed by atoms with Gasteiger partial charge in [-0.2, -0.15) is 0 Å². The van der Waals surface area contributed by atoms with Gasteiger partial charge in [0.2, 0.25) is 17.2 Å². The number of carbonyl (C=O) groups excluding carboxylic acids is 4. The van der Waals surface area contributed by atoms with Crippen LogP contribution in [0.1, 0.15) is 71.9 Å². The van der Waals surface area contributed by atoms with Gasteiger partial charge in [-0.15, -0.1) is 0 Å². The normalized spacial score (nSPS) is 29.5. The van der Waals surface area contributed by atoms with E-state index in [2.05, 4.69) is 25.2 Å². The number of phenolic OH excluding ortho intramolecular Hbond substituents is 2. The number of methoxy groups -OCH3 is 1. The summed E-state index contributed by atoms with van der Waals surface area (Å²) in [7, 11) is 2.58. The van der Waals surface area contributed by atoms with E-state index in [1.807, 2.05) is 6.92 Å². The number of aliphatic hydroxyl groups is 3. The quantitative estimate of drug-likeness (QED) is 0.175. The highest BCUT2D eigenvalue weighted by atomic mass is 16.5. The fourth-order valence-electron chi connectivity index (χ4n) is 8.02. The number of fused-ring (bicyclic) bond motifs is 4. The van der Waals surface area contributed by atoms with Crippen molar-refractivity contribution in [2.75, 3.05) is 14.2 Å². The van der Waals surface area contributed by atoms with E-state index in [0.717, 1.165) is 25.5 Å². The maximum atomic E-state index is 14.3. The van der Waals surface area contributed by atoms with Gasteiger partial charge in [-0.3, -0.25) is 19.2 Å². The Morgan fingerprint density at radius 3 is 2.24 bits per heavy atom. The van der Waals surface area contributed by atoms with Gasteiger partial charge in [0.1, 0.15) is 28.6 Å². The highest BCUT2D eigenvalue weighted by molar-refractivity contribution is 6.40. The zero-order valence-corrected chi connectivity index (χ0v) is 23.8. The van der Waals surface area contributed by atoms with Crippen molar-refractivity contribution in [2.45, 2.75) is 63.1 Å². The summed E-state index contributed by atoms with van der Waals surface area (Å²) >= 11 is 0. The van der Waals surface area contributed by atoms with E-state index in [0.29, 0.717) is 11.3 Å². The van der Waals surface area contributed by atoms with Crippen molar-refractivity contribution in [1.82, 2.24) is 5.32 Å². The zero-order chi connectivity index (χ0) is 30.9. The lowest BCUT2D eigenvalue weighted by Crippen LogP contribution is -2.73. The molecule has 1 spiro atoms. The Bertz CT molecular complexity index is 1780. The van der Waals surface area contributed by atoms with Crippen LogP contribution in [0.25, 0.3) is 10.8 Å². The van der Waals surface area contributed by atoms with Crippen LogP contribution in [0.4, 0.5) is 0 Å². The summed E-state index contributed by atoms with van der Waals surface area (Å²) < 4.78 is 5.72. The Morgan fingerprint density at radius 2 is 1.64 bits per heavy atom. The lowest BCUT2D eigenvalue weighted by atomic mass is 9.54. The summed E-state index contributed by atoms with van der Waals surface area (Å²) in [6.07, 6.45) is 2.61. The topological polar surface area (TPSA) is 191 Å². The van der Waals surface area contributed by atoms with Gasteiger partial charge in [0.25, 0.3) is 5.91 Å². The molecule has 0 aliphatic heterocycles. The Balaban J connectivity index is 1.76. The SMILES string of the molecule is CNC(=O)C1=C(O)C[C@@]2(O)C(=O)c3c(c(O)c4c(O)cc(OC)c5c4c3C[C@@]53C(C)=CCCC3(C)C)C(=O)[C@@]2(O)C1=O. The molecule has 11 nitrogen and oxygen atoms in total. The van der Waals surface area contributed by atoms with Crippen LogP contribution in [-0.2, 0) is 21.4 Å². The number of amides is 1. The number of carbonyl (C=O) groups is 4. The summed E-state index contributed by atoms with van der Waals surface area (Å²) in [6, 6.07) is 1.31. The number of phenols is 2. The van der Waals surface area contributed by atoms with Gasteiger partial charge in [0.15, 0.2) is 11.4 Å². The fraction of sp³-hybridized carbons (Fsp3) is 0.419. The molecule has 1 amide bonds. The molecular formula is C31H31NO10. The fourth-order valence-corrected chi connectivity index (χ4v) is 8.02. The van der Waals surface area contributed by atoms with Gasteiger partial charge >= 0.3 is 0 Å². The molecule has 0 saturated carbocycles. The first-order valence-electron chi connectivity index (χ1n) is 13.6. The van der Waals surface area contributed by atoms with Crippen molar-refractivity contribution >= 4 is 34.0 Å². The lowest BCUT2D eigenvalue weighted by Gasteiger charge is -2.49. The maximum Gasteiger partial charge on any atom is 0.258 e. The first-order valence-corrected chi connectivity index (χ1v) is 13.6. The molecule has 0 aromatic heterocycles. The highest BCUT2D eigenvalue weighted by Gasteiger charge is 2.72. The van der Waals surface area contributed by atoms with Gasteiger partial charge in [0.05, 0.1) is 18.1 Å². The molecule has 0 bridgehead atoms. The number of nitrogens with one attached hydrogen (secondary N) is 1. The predicted molar refractivity (Wildman–Crippen MR) is 148 cm³/mol. The number of aliphatic hydroxyl groups excluding tert-OH is 1. The van der Waals surface area contributed by atoms with E-state index in [9.17, 15) is 44.7 Å². The molecule has 11 heteroatoms. The molecule has 6 rings (SSSR count). The molecule has 6 N–H and O–H groups in total. The molecule has 0 radical (unpaired) electrons. The Hall–Kier alpha value is -4.22. The van der Waals surface area contributed by atoms with E-state index in [4.69, 9.17) is 4.74 Å². The second-order valence-electron chi connectivity index (χ2n) is 12.3. The minimum atomic E-state index is -3.54.